The number of rotatable bonds is 67. The second-order valence-electron chi connectivity index (χ2n) is 24.5. The molecule has 0 rings (SSSR count). The van der Waals surface area contributed by atoms with Gasteiger partial charge in [0.15, 0.2) is 6.10 Å². The number of allylic oxidation sites excluding steroid dienone is 4. The van der Waals surface area contributed by atoms with Gasteiger partial charge in [-0.2, -0.15) is 0 Å². The first kappa shape index (κ1) is 76.9. The molecule has 0 bridgehead atoms. The summed E-state index contributed by atoms with van der Waals surface area (Å²) in [6.45, 7) is 6.69. The minimum absolute atomic E-state index is 0.0665. The van der Waals surface area contributed by atoms with Gasteiger partial charge in [0.1, 0.15) is 13.2 Å². The van der Waals surface area contributed by atoms with E-state index < -0.39 is 6.10 Å². The van der Waals surface area contributed by atoms with Crippen LogP contribution in [0.5, 0.6) is 0 Å². The molecule has 0 aliphatic carbocycles. The van der Waals surface area contributed by atoms with E-state index in [1.54, 1.807) is 0 Å². The van der Waals surface area contributed by atoms with Crippen LogP contribution in [0.3, 0.4) is 0 Å². The zero-order valence-electron chi connectivity index (χ0n) is 53.7. The van der Waals surface area contributed by atoms with Crippen LogP contribution < -0.4 is 0 Å². The van der Waals surface area contributed by atoms with Crippen molar-refractivity contribution < 1.29 is 28.6 Å². The molecular formula is C73H138O6. The molecule has 0 aromatic rings. The summed E-state index contributed by atoms with van der Waals surface area (Å²) in [5.41, 5.74) is 0. The van der Waals surface area contributed by atoms with Gasteiger partial charge >= 0.3 is 17.9 Å². The van der Waals surface area contributed by atoms with E-state index in [4.69, 9.17) is 14.2 Å². The predicted molar refractivity (Wildman–Crippen MR) is 344 cm³/mol. The summed E-state index contributed by atoms with van der Waals surface area (Å²) in [7, 11) is 0. The molecule has 0 N–H and O–H groups in total. The summed E-state index contributed by atoms with van der Waals surface area (Å²) in [6, 6.07) is 0. The Morgan fingerprint density at radius 3 is 0.722 bits per heavy atom. The Hall–Kier alpha value is -2.11. The van der Waals surface area contributed by atoms with E-state index in [0.717, 1.165) is 64.2 Å². The highest BCUT2D eigenvalue weighted by atomic mass is 16.6. The maximum atomic E-state index is 12.9. The Bertz CT molecular complexity index is 1270. The maximum absolute atomic E-state index is 12.9. The highest BCUT2D eigenvalue weighted by molar-refractivity contribution is 5.71. The molecule has 0 heterocycles. The molecule has 1 unspecified atom stereocenters. The fraction of sp³-hybridized carbons (Fsp3) is 0.904. The minimum Gasteiger partial charge on any atom is -0.462 e. The first-order valence-electron chi connectivity index (χ1n) is 35.8. The van der Waals surface area contributed by atoms with Crippen molar-refractivity contribution >= 4 is 17.9 Å². The Balaban J connectivity index is 4.16. The van der Waals surface area contributed by atoms with Crippen LogP contribution in [0.25, 0.3) is 0 Å². The lowest BCUT2D eigenvalue weighted by atomic mass is 10.0. The van der Waals surface area contributed by atoms with Crippen LogP contribution in [-0.2, 0) is 28.6 Å². The number of hydrogen-bond donors (Lipinski definition) is 0. The first-order chi connectivity index (χ1) is 39.0. The number of carbonyl (C=O) groups is 3. The summed E-state index contributed by atoms with van der Waals surface area (Å²) >= 11 is 0. The monoisotopic (exact) mass is 1110 g/mol. The van der Waals surface area contributed by atoms with Crippen molar-refractivity contribution in [1.29, 1.82) is 0 Å². The van der Waals surface area contributed by atoms with Crippen LogP contribution in [0, 0.1) is 0 Å². The lowest BCUT2D eigenvalue weighted by Crippen LogP contribution is -2.30. The van der Waals surface area contributed by atoms with Crippen molar-refractivity contribution in [2.75, 3.05) is 13.2 Å². The van der Waals surface area contributed by atoms with Crippen molar-refractivity contribution in [3.05, 3.63) is 24.3 Å². The average molecular weight is 1110 g/mol. The molecule has 0 spiro atoms. The van der Waals surface area contributed by atoms with Crippen molar-refractivity contribution in [3.8, 4) is 0 Å². The fourth-order valence-electron chi connectivity index (χ4n) is 11.1. The quantitative estimate of drug-likeness (QED) is 0.0261. The van der Waals surface area contributed by atoms with E-state index in [0.29, 0.717) is 19.3 Å². The number of esters is 3. The lowest BCUT2D eigenvalue weighted by molar-refractivity contribution is -0.167. The summed E-state index contributed by atoms with van der Waals surface area (Å²) in [4.78, 5) is 38.4. The van der Waals surface area contributed by atoms with Crippen LogP contribution in [0.2, 0.25) is 0 Å². The molecular weight excluding hydrogens is 973 g/mol. The highest BCUT2D eigenvalue weighted by Gasteiger charge is 2.19. The number of ether oxygens (including phenoxy) is 3. The number of carbonyl (C=O) groups excluding carboxylic acids is 3. The van der Waals surface area contributed by atoms with Crippen molar-refractivity contribution in [1.82, 2.24) is 0 Å². The van der Waals surface area contributed by atoms with Gasteiger partial charge in [0.05, 0.1) is 0 Å². The van der Waals surface area contributed by atoms with Gasteiger partial charge in [0, 0.05) is 19.3 Å². The van der Waals surface area contributed by atoms with E-state index in [1.807, 2.05) is 0 Å². The zero-order valence-corrected chi connectivity index (χ0v) is 53.7. The predicted octanol–water partition coefficient (Wildman–Crippen LogP) is 24.6. The summed E-state index contributed by atoms with van der Waals surface area (Å²) < 4.78 is 17.0. The Morgan fingerprint density at radius 2 is 0.456 bits per heavy atom. The standard InChI is InChI=1S/C73H138O6/c1-4-7-10-13-16-19-22-25-27-29-31-32-33-34-35-36-37-38-39-40-42-43-45-48-51-54-57-60-63-66-72(75)78-69-70(68-77-71(74)65-62-59-56-53-50-47-24-21-18-15-12-9-6-3)79-73(76)67-64-61-58-55-52-49-46-44-41-30-28-26-23-20-17-14-11-8-5-2/h17,20,26,28,70H,4-16,18-19,21-25,27,29-69H2,1-3H3/b20-17-,28-26-. The number of unbranched alkanes of at least 4 members (excludes halogenated alkanes) is 52. The third-order valence-corrected chi connectivity index (χ3v) is 16.5. The van der Waals surface area contributed by atoms with Crippen molar-refractivity contribution in [2.45, 2.75) is 412 Å². The summed E-state index contributed by atoms with van der Waals surface area (Å²) in [6.07, 6.45) is 83.6. The molecule has 0 aromatic carbocycles. The van der Waals surface area contributed by atoms with Gasteiger partial charge < -0.3 is 14.2 Å². The summed E-state index contributed by atoms with van der Waals surface area (Å²) in [5.74, 6) is -0.839. The van der Waals surface area contributed by atoms with Crippen molar-refractivity contribution in [3.63, 3.8) is 0 Å². The molecule has 0 saturated heterocycles. The van der Waals surface area contributed by atoms with E-state index >= 15 is 0 Å². The molecule has 0 aliphatic heterocycles. The van der Waals surface area contributed by atoms with Crippen LogP contribution in [0.15, 0.2) is 24.3 Å². The second-order valence-corrected chi connectivity index (χ2v) is 24.5. The van der Waals surface area contributed by atoms with Gasteiger partial charge in [0.25, 0.3) is 0 Å². The van der Waals surface area contributed by atoms with Gasteiger partial charge in [-0.3, -0.25) is 14.4 Å². The van der Waals surface area contributed by atoms with Crippen LogP contribution in [0.4, 0.5) is 0 Å². The van der Waals surface area contributed by atoms with E-state index in [1.165, 1.54) is 302 Å². The molecule has 6 heteroatoms. The zero-order chi connectivity index (χ0) is 57.1. The molecule has 0 saturated carbocycles. The largest absolute Gasteiger partial charge is 0.462 e. The third-order valence-electron chi connectivity index (χ3n) is 16.5. The molecule has 0 fully saturated rings. The highest BCUT2D eigenvalue weighted by Crippen LogP contribution is 2.19. The SMILES string of the molecule is CCCCC/C=C\C/C=C\CCCCCCCCCCCC(=O)OC(COC(=O)CCCCCCCCCCCCCCC)COC(=O)CCCCCCCCCCCCCCCCCCCCCCCCCCCCCCC. The number of hydrogen-bond acceptors (Lipinski definition) is 6. The molecule has 0 radical (unpaired) electrons. The van der Waals surface area contributed by atoms with Crippen molar-refractivity contribution in [2.24, 2.45) is 0 Å². The molecule has 0 amide bonds. The minimum atomic E-state index is -0.770. The molecule has 0 aliphatic rings. The van der Waals surface area contributed by atoms with Crippen LogP contribution in [-0.4, -0.2) is 37.2 Å². The van der Waals surface area contributed by atoms with E-state index in [-0.39, 0.29) is 31.1 Å². The average Bonchev–Trinajstić information content (AvgIpc) is 3.45. The van der Waals surface area contributed by atoms with Gasteiger partial charge in [-0.1, -0.05) is 360 Å². The second kappa shape index (κ2) is 68.4. The van der Waals surface area contributed by atoms with Gasteiger partial charge in [-0.25, -0.2) is 0 Å². The summed E-state index contributed by atoms with van der Waals surface area (Å²) in [5, 5.41) is 0. The molecule has 79 heavy (non-hydrogen) atoms. The van der Waals surface area contributed by atoms with Crippen LogP contribution in [0.1, 0.15) is 406 Å². The van der Waals surface area contributed by atoms with Gasteiger partial charge in [0.2, 0.25) is 0 Å². The Morgan fingerprint density at radius 1 is 0.253 bits per heavy atom. The van der Waals surface area contributed by atoms with Crippen LogP contribution >= 0.6 is 0 Å². The fourth-order valence-corrected chi connectivity index (χ4v) is 11.1. The molecule has 1 atom stereocenters. The van der Waals surface area contributed by atoms with Gasteiger partial charge in [-0.15, -0.1) is 0 Å². The molecule has 466 valence electrons. The lowest BCUT2D eigenvalue weighted by Gasteiger charge is -2.18. The molecule has 0 aromatic heterocycles. The van der Waals surface area contributed by atoms with E-state index in [2.05, 4.69) is 45.1 Å². The first-order valence-corrected chi connectivity index (χ1v) is 35.8. The molecule has 6 nitrogen and oxygen atoms in total. The topological polar surface area (TPSA) is 78.9 Å². The third kappa shape index (κ3) is 66.6. The Kier molecular flexibility index (Phi) is 66.6. The maximum Gasteiger partial charge on any atom is 0.306 e. The smallest absolute Gasteiger partial charge is 0.306 e. The van der Waals surface area contributed by atoms with E-state index in [9.17, 15) is 14.4 Å². The Labute approximate surface area is 493 Å². The van der Waals surface area contributed by atoms with Gasteiger partial charge in [-0.05, 0) is 51.4 Å². The normalized spacial score (nSPS) is 12.1.